The van der Waals surface area contributed by atoms with Gasteiger partial charge in [0.15, 0.2) is 0 Å². The first-order valence-electron chi connectivity index (χ1n) is 7.34. The van der Waals surface area contributed by atoms with Gasteiger partial charge in [0.05, 0.1) is 5.69 Å². The summed E-state index contributed by atoms with van der Waals surface area (Å²) in [5.41, 5.74) is 7.15. The summed E-state index contributed by atoms with van der Waals surface area (Å²) in [6.07, 6.45) is 8.72. The van der Waals surface area contributed by atoms with Gasteiger partial charge in [-0.2, -0.15) is 11.8 Å². The Labute approximate surface area is 125 Å². The lowest BCUT2D eigenvalue weighted by Crippen LogP contribution is -2.44. The number of nitrogen functional groups attached to an aromatic ring is 1. The van der Waals surface area contributed by atoms with E-state index >= 15 is 0 Å². The quantitative estimate of drug-likeness (QED) is 0.897. The van der Waals surface area contributed by atoms with E-state index in [9.17, 15) is 4.79 Å². The monoisotopic (exact) mass is 295 g/mol. The molecule has 0 aromatic carbocycles. The van der Waals surface area contributed by atoms with Crippen LogP contribution in [0.5, 0.6) is 0 Å². The van der Waals surface area contributed by atoms with Crippen molar-refractivity contribution in [2.45, 2.75) is 56.9 Å². The van der Waals surface area contributed by atoms with Crippen molar-refractivity contribution in [3.8, 4) is 0 Å². The van der Waals surface area contributed by atoms with Crippen LogP contribution in [0.2, 0.25) is 0 Å². The van der Waals surface area contributed by atoms with Crippen molar-refractivity contribution in [3.05, 3.63) is 18.0 Å². The smallest absolute Gasteiger partial charge is 0.268 e. The molecule has 5 heteroatoms. The zero-order valence-electron chi connectivity index (χ0n) is 12.6. The number of nitrogens with zero attached hydrogens (tertiary/aromatic N) is 1. The van der Waals surface area contributed by atoms with Crippen molar-refractivity contribution in [1.29, 1.82) is 0 Å². The van der Waals surface area contributed by atoms with E-state index in [-0.39, 0.29) is 18.0 Å². The van der Waals surface area contributed by atoms with E-state index in [0.717, 1.165) is 6.42 Å². The molecular weight excluding hydrogens is 270 g/mol. The number of aromatic nitrogens is 1. The van der Waals surface area contributed by atoms with Gasteiger partial charge in [-0.25, -0.2) is 0 Å². The number of hydrogen-bond acceptors (Lipinski definition) is 3. The van der Waals surface area contributed by atoms with Crippen molar-refractivity contribution in [2.24, 2.45) is 0 Å². The van der Waals surface area contributed by atoms with Gasteiger partial charge in [0.2, 0.25) is 0 Å². The van der Waals surface area contributed by atoms with E-state index in [1.807, 2.05) is 22.5 Å². The second kappa shape index (κ2) is 6.57. The Kier molecular flexibility index (Phi) is 5.02. The minimum atomic E-state index is 0.00125. The van der Waals surface area contributed by atoms with E-state index in [1.54, 1.807) is 6.07 Å². The highest BCUT2D eigenvalue weighted by Crippen LogP contribution is 2.27. The summed E-state index contributed by atoms with van der Waals surface area (Å²) < 4.78 is 1.95. The van der Waals surface area contributed by atoms with Crippen LogP contribution in [0.25, 0.3) is 0 Å². The van der Waals surface area contributed by atoms with Crippen LogP contribution < -0.4 is 11.1 Å². The average Bonchev–Trinajstić information content (AvgIpc) is 2.82. The molecule has 1 amide bonds. The van der Waals surface area contributed by atoms with Crippen LogP contribution in [0.4, 0.5) is 5.69 Å². The molecule has 0 bridgehead atoms. The van der Waals surface area contributed by atoms with Crippen molar-refractivity contribution in [2.75, 3.05) is 12.0 Å². The van der Waals surface area contributed by atoms with Gasteiger partial charge in [-0.3, -0.25) is 4.79 Å². The molecule has 1 saturated carbocycles. The first-order valence-corrected chi connectivity index (χ1v) is 8.62. The van der Waals surface area contributed by atoms with Gasteiger partial charge >= 0.3 is 0 Å². The summed E-state index contributed by atoms with van der Waals surface area (Å²) in [7, 11) is 0. The van der Waals surface area contributed by atoms with E-state index in [1.165, 1.54) is 19.3 Å². The molecule has 0 spiro atoms. The SMILES string of the molecule is CSC1CCCCC1NC(=O)c1cc(N)cn1C(C)C. The summed E-state index contributed by atoms with van der Waals surface area (Å²) in [5.74, 6) is 0.00125. The summed E-state index contributed by atoms with van der Waals surface area (Å²) in [6.45, 7) is 4.11. The van der Waals surface area contributed by atoms with Crippen molar-refractivity contribution in [3.63, 3.8) is 0 Å². The fourth-order valence-electron chi connectivity index (χ4n) is 2.90. The predicted molar refractivity (Wildman–Crippen MR) is 86.3 cm³/mol. The van der Waals surface area contributed by atoms with Gasteiger partial charge in [0.25, 0.3) is 5.91 Å². The van der Waals surface area contributed by atoms with Gasteiger partial charge in [-0.15, -0.1) is 0 Å². The van der Waals surface area contributed by atoms with E-state index in [2.05, 4.69) is 25.4 Å². The number of amides is 1. The van der Waals surface area contributed by atoms with Crippen LogP contribution in [0, 0.1) is 0 Å². The molecule has 20 heavy (non-hydrogen) atoms. The standard InChI is InChI=1S/C15H25N3OS/c1-10(2)18-9-11(16)8-13(18)15(19)17-12-6-4-5-7-14(12)20-3/h8-10,12,14H,4-7,16H2,1-3H3,(H,17,19). The van der Waals surface area contributed by atoms with Crippen LogP contribution in [0.15, 0.2) is 12.3 Å². The molecule has 112 valence electrons. The number of carbonyl (C=O) groups excluding carboxylic acids is 1. The molecule has 1 aliphatic carbocycles. The van der Waals surface area contributed by atoms with Crippen LogP contribution >= 0.6 is 11.8 Å². The highest BCUT2D eigenvalue weighted by atomic mass is 32.2. The van der Waals surface area contributed by atoms with Crippen molar-refractivity contribution >= 4 is 23.4 Å². The number of nitrogens with two attached hydrogens (primary N) is 1. The highest BCUT2D eigenvalue weighted by Gasteiger charge is 2.27. The zero-order valence-corrected chi connectivity index (χ0v) is 13.4. The molecule has 2 unspecified atom stereocenters. The lowest BCUT2D eigenvalue weighted by Gasteiger charge is -2.31. The Hall–Kier alpha value is -1.10. The molecule has 1 heterocycles. The molecule has 2 rings (SSSR count). The first-order chi connectivity index (χ1) is 9.52. The molecule has 0 aliphatic heterocycles. The maximum Gasteiger partial charge on any atom is 0.268 e. The number of anilines is 1. The van der Waals surface area contributed by atoms with E-state index in [0.29, 0.717) is 16.6 Å². The van der Waals surface area contributed by atoms with Gasteiger partial charge in [-0.1, -0.05) is 12.8 Å². The summed E-state index contributed by atoms with van der Waals surface area (Å²) in [6, 6.07) is 2.28. The number of hydrogen-bond donors (Lipinski definition) is 2. The second-order valence-corrected chi connectivity index (χ2v) is 6.88. The lowest BCUT2D eigenvalue weighted by atomic mass is 9.95. The highest BCUT2D eigenvalue weighted by molar-refractivity contribution is 7.99. The van der Waals surface area contributed by atoms with Crippen LogP contribution in [-0.2, 0) is 0 Å². The summed E-state index contributed by atoms with van der Waals surface area (Å²) >= 11 is 1.86. The average molecular weight is 295 g/mol. The van der Waals surface area contributed by atoms with E-state index in [4.69, 9.17) is 5.73 Å². The molecule has 4 nitrogen and oxygen atoms in total. The molecule has 1 aromatic heterocycles. The van der Waals surface area contributed by atoms with Crippen molar-refractivity contribution < 1.29 is 4.79 Å². The Balaban J connectivity index is 2.11. The maximum absolute atomic E-state index is 12.5. The molecule has 1 aromatic rings. The fraction of sp³-hybridized carbons (Fsp3) is 0.667. The van der Waals surface area contributed by atoms with Crippen LogP contribution in [-0.4, -0.2) is 28.0 Å². The lowest BCUT2D eigenvalue weighted by molar-refractivity contribution is 0.0918. The molecule has 0 saturated heterocycles. The van der Waals surface area contributed by atoms with Gasteiger partial charge < -0.3 is 15.6 Å². The summed E-state index contributed by atoms with van der Waals surface area (Å²) in [5, 5.41) is 3.74. The third-order valence-corrected chi connectivity index (χ3v) is 5.15. The van der Waals surface area contributed by atoms with Gasteiger partial charge in [0, 0.05) is 23.5 Å². The van der Waals surface area contributed by atoms with Gasteiger partial charge in [0.1, 0.15) is 5.69 Å². The first kappa shape index (κ1) is 15.3. The normalized spacial score (nSPS) is 23.0. The van der Waals surface area contributed by atoms with Crippen LogP contribution in [0.3, 0.4) is 0 Å². The molecule has 1 aliphatic rings. The minimum Gasteiger partial charge on any atom is -0.397 e. The predicted octanol–water partition coefficient (Wildman–Crippen LogP) is 3.06. The molecule has 2 atom stereocenters. The Morgan fingerprint density at radius 2 is 2.15 bits per heavy atom. The maximum atomic E-state index is 12.5. The second-order valence-electron chi connectivity index (χ2n) is 5.80. The molecule has 0 radical (unpaired) electrons. The fourth-order valence-corrected chi connectivity index (χ4v) is 3.83. The molecular formula is C15H25N3OS. The van der Waals surface area contributed by atoms with Crippen molar-refractivity contribution in [1.82, 2.24) is 9.88 Å². The number of carbonyl (C=O) groups is 1. The number of nitrogens with one attached hydrogen (secondary N) is 1. The third kappa shape index (κ3) is 3.32. The Bertz CT molecular complexity index is 470. The topological polar surface area (TPSA) is 60.1 Å². The number of thioether (sulfide) groups is 1. The van der Waals surface area contributed by atoms with E-state index < -0.39 is 0 Å². The van der Waals surface area contributed by atoms with Crippen LogP contribution in [0.1, 0.15) is 56.1 Å². The van der Waals surface area contributed by atoms with Gasteiger partial charge in [-0.05, 0) is 39.0 Å². The molecule has 1 fully saturated rings. The Morgan fingerprint density at radius 3 is 2.80 bits per heavy atom. The zero-order chi connectivity index (χ0) is 14.7. The third-order valence-electron chi connectivity index (χ3n) is 3.98. The minimum absolute atomic E-state index is 0.00125. The Morgan fingerprint density at radius 1 is 1.45 bits per heavy atom. The summed E-state index contributed by atoms with van der Waals surface area (Å²) in [4.78, 5) is 12.5. The number of rotatable bonds is 4. The molecule has 3 N–H and O–H groups in total. The largest absolute Gasteiger partial charge is 0.397 e.